The van der Waals surface area contributed by atoms with Crippen molar-refractivity contribution in [3.05, 3.63) is 57.2 Å². The molecule has 0 aromatic heterocycles. The lowest BCUT2D eigenvalue weighted by Gasteiger charge is -2.34. The van der Waals surface area contributed by atoms with Crippen molar-refractivity contribution < 1.29 is 9.53 Å². The molecule has 2 aliphatic heterocycles. The molecule has 1 saturated heterocycles. The number of carbonyl (C=O) groups is 1. The molecule has 2 unspecified atom stereocenters. The van der Waals surface area contributed by atoms with Gasteiger partial charge in [-0.05, 0) is 60.7 Å². The second-order valence-electron chi connectivity index (χ2n) is 7.82. The quantitative estimate of drug-likeness (QED) is 0.597. The van der Waals surface area contributed by atoms with Crippen molar-refractivity contribution in [3.8, 4) is 5.75 Å². The van der Waals surface area contributed by atoms with E-state index in [1.807, 2.05) is 49.4 Å². The van der Waals surface area contributed by atoms with E-state index in [1.165, 1.54) is 0 Å². The molecule has 0 aliphatic carbocycles. The zero-order valence-corrected chi connectivity index (χ0v) is 19.7. The fourth-order valence-corrected chi connectivity index (χ4v) is 4.82. The Kier molecular flexibility index (Phi) is 6.85. The van der Waals surface area contributed by atoms with Crippen LogP contribution in [0.15, 0.2) is 47.5 Å². The first-order chi connectivity index (χ1) is 14.6. The van der Waals surface area contributed by atoms with Crippen LogP contribution in [0.3, 0.4) is 0 Å². The molecular weight excluding hydrogens is 489 g/mol. The molecule has 6 heteroatoms. The van der Waals surface area contributed by atoms with Gasteiger partial charge in [0.25, 0.3) is 0 Å². The van der Waals surface area contributed by atoms with Gasteiger partial charge in [0.1, 0.15) is 5.75 Å². The number of carbonyl (C=O) groups excluding carboxylic acids is 1. The first kappa shape index (κ1) is 21.5. The summed E-state index contributed by atoms with van der Waals surface area (Å²) in [6.07, 6.45) is 0.610. The third kappa shape index (κ3) is 4.45. The van der Waals surface area contributed by atoms with Gasteiger partial charge in [-0.2, -0.15) is 0 Å². The van der Waals surface area contributed by atoms with Crippen LogP contribution >= 0.6 is 22.6 Å². The molecular formula is C24H28IN3O2. The van der Waals surface area contributed by atoms with E-state index < -0.39 is 0 Å². The van der Waals surface area contributed by atoms with Crippen molar-refractivity contribution in [1.29, 1.82) is 0 Å². The van der Waals surface area contributed by atoms with Gasteiger partial charge in [-0.1, -0.05) is 18.2 Å². The standard InChI is InChI=1S/C24H28IN3O2/c1-3-30-23-7-5-4-6-18(23)20-15-21(16(2)28-12-10-26-11-13-28)27-22-14-17(25)8-9-19(22)24(20)29/h4-9,14,16,20,26H,3,10-13,15H2,1-2H3. The third-order valence-corrected chi connectivity index (χ3v) is 6.67. The summed E-state index contributed by atoms with van der Waals surface area (Å²) in [6.45, 7) is 8.73. The van der Waals surface area contributed by atoms with Crippen LogP contribution in [0, 0.1) is 3.57 Å². The molecule has 1 N–H and O–H groups in total. The van der Waals surface area contributed by atoms with E-state index in [4.69, 9.17) is 9.73 Å². The highest BCUT2D eigenvalue weighted by Crippen LogP contribution is 2.38. The Balaban J connectivity index is 1.78. The van der Waals surface area contributed by atoms with E-state index in [1.54, 1.807) is 0 Å². The Bertz CT molecular complexity index is 953. The second kappa shape index (κ2) is 9.58. The van der Waals surface area contributed by atoms with Crippen molar-refractivity contribution in [2.24, 2.45) is 4.99 Å². The Hall–Kier alpha value is -1.77. The highest BCUT2D eigenvalue weighted by Gasteiger charge is 2.33. The monoisotopic (exact) mass is 517 g/mol. The molecule has 0 radical (unpaired) electrons. The van der Waals surface area contributed by atoms with Crippen molar-refractivity contribution in [2.45, 2.75) is 32.2 Å². The normalized spacial score (nSPS) is 20.8. The number of halogens is 1. The number of nitrogens with zero attached hydrogens (tertiary/aromatic N) is 2. The van der Waals surface area contributed by atoms with Crippen LogP contribution in [0.1, 0.15) is 42.1 Å². The molecule has 0 amide bonds. The first-order valence-corrected chi connectivity index (χ1v) is 11.7. The van der Waals surface area contributed by atoms with Crippen LogP contribution in [-0.2, 0) is 0 Å². The number of fused-ring (bicyclic) bond motifs is 1. The summed E-state index contributed by atoms with van der Waals surface area (Å²) in [7, 11) is 0. The lowest BCUT2D eigenvalue weighted by atomic mass is 9.85. The van der Waals surface area contributed by atoms with Crippen LogP contribution in [0.2, 0.25) is 0 Å². The minimum atomic E-state index is -0.293. The van der Waals surface area contributed by atoms with Crippen LogP contribution in [-0.4, -0.2) is 55.2 Å². The summed E-state index contributed by atoms with van der Waals surface area (Å²) in [4.78, 5) is 21.2. The van der Waals surface area contributed by atoms with Gasteiger partial charge >= 0.3 is 0 Å². The fourth-order valence-electron chi connectivity index (χ4n) is 4.35. The number of para-hydroxylation sites is 1. The number of rotatable bonds is 5. The van der Waals surface area contributed by atoms with Crippen LogP contribution in [0.25, 0.3) is 0 Å². The third-order valence-electron chi connectivity index (χ3n) is 5.99. The summed E-state index contributed by atoms with van der Waals surface area (Å²) >= 11 is 2.29. The van der Waals surface area contributed by atoms with Gasteiger partial charge in [0.15, 0.2) is 5.78 Å². The molecule has 2 aliphatic rings. The number of Topliss-reactive ketones (excluding diaryl/α,β-unsaturated/α-hetero) is 1. The van der Waals surface area contributed by atoms with Gasteiger partial charge in [-0.3, -0.25) is 14.7 Å². The van der Waals surface area contributed by atoms with E-state index in [2.05, 4.69) is 39.7 Å². The SMILES string of the molecule is CCOc1ccccc1C1CC(C(C)N2CCNCC2)=Nc2cc(I)ccc2C1=O. The highest BCUT2D eigenvalue weighted by atomic mass is 127. The molecule has 4 rings (SSSR count). The van der Waals surface area contributed by atoms with E-state index in [0.29, 0.717) is 18.6 Å². The van der Waals surface area contributed by atoms with Gasteiger partial charge in [0.2, 0.25) is 0 Å². The number of hydrogen-bond acceptors (Lipinski definition) is 5. The zero-order chi connectivity index (χ0) is 21.1. The zero-order valence-electron chi connectivity index (χ0n) is 17.5. The summed E-state index contributed by atoms with van der Waals surface area (Å²) in [5.74, 6) is 0.625. The molecule has 2 aromatic carbocycles. The minimum absolute atomic E-state index is 0.125. The number of piperazine rings is 1. The highest BCUT2D eigenvalue weighted by molar-refractivity contribution is 14.1. The smallest absolute Gasteiger partial charge is 0.173 e. The molecule has 0 spiro atoms. The number of hydrogen-bond donors (Lipinski definition) is 1. The van der Waals surface area contributed by atoms with Gasteiger partial charge < -0.3 is 10.1 Å². The van der Waals surface area contributed by atoms with Gasteiger partial charge in [-0.15, -0.1) is 0 Å². The van der Waals surface area contributed by atoms with Crippen molar-refractivity contribution >= 4 is 39.8 Å². The average Bonchev–Trinajstić information content (AvgIpc) is 2.91. The Labute approximate surface area is 192 Å². The fraction of sp³-hybridized carbons (Fsp3) is 0.417. The Morgan fingerprint density at radius 1 is 1.23 bits per heavy atom. The number of aliphatic imine (C=N–C) groups is 1. The molecule has 30 heavy (non-hydrogen) atoms. The maximum absolute atomic E-state index is 13.7. The largest absolute Gasteiger partial charge is 0.494 e. The van der Waals surface area contributed by atoms with E-state index in [-0.39, 0.29) is 17.7 Å². The maximum Gasteiger partial charge on any atom is 0.173 e. The molecule has 2 heterocycles. The Morgan fingerprint density at radius 3 is 2.77 bits per heavy atom. The predicted octanol–water partition coefficient (Wildman–Crippen LogP) is 4.43. The molecule has 158 valence electrons. The summed E-state index contributed by atoms with van der Waals surface area (Å²) in [5.41, 5.74) is 3.52. The van der Waals surface area contributed by atoms with Crippen molar-refractivity contribution in [2.75, 3.05) is 32.8 Å². The maximum atomic E-state index is 13.7. The summed E-state index contributed by atoms with van der Waals surface area (Å²) in [6, 6.07) is 14.1. The molecule has 0 bridgehead atoms. The second-order valence-corrected chi connectivity index (χ2v) is 9.06. The van der Waals surface area contributed by atoms with Crippen LogP contribution in [0.5, 0.6) is 5.75 Å². The Morgan fingerprint density at radius 2 is 2.00 bits per heavy atom. The molecule has 1 fully saturated rings. The van der Waals surface area contributed by atoms with E-state index >= 15 is 0 Å². The summed E-state index contributed by atoms with van der Waals surface area (Å²) < 4.78 is 6.97. The van der Waals surface area contributed by atoms with Gasteiger partial charge in [-0.25, -0.2) is 0 Å². The molecule has 2 atom stereocenters. The number of ketones is 1. The van der Waals surface area contributed by atoms with Crippen molar-refractivity contribution in [3.63, 3.8) is 0 Å². The van der Waals surface area contributed by atoms with Crippen molar-refractivity contribution in [1.82, 2.24) is 10.2 Å². The lowest BCUT2D eigenvalue weighted by Crippen LogP contribution is -2.50. The molecule has 2 aromatic rings. The predicted molar refractivity (Wildman–Crippen MR) is 129 cm³/mol. The molecule has 5 nitrogen and oxygen atoms in total. The lowest BCUT2D eigenvalue weighted by molar-refractivity contribution is 0.0960. The first-order valence-electron chi connectivity index (χ1n) is 10.7. The van der Waals surface area contributed by atoms with Crippen LogP contribution in [0.4, 0.5) is 5.69 Å². The topological polar surface area (TPSA) is 53.9 Å². The van der Waals surface area contributed by atoms with E-state index in [9.17, 15) is 4.79 Å². The summed E-state index contributed by atoms with van der Waals surface area (Å²) in [5, 5.41) is 3.42. The average molecular weight is 517 g/mol. The van der Waals surface area contributed by atoms with Gasteiger partial charge in [0.05, 0.1) is 18.2 Å². The van der Waals surface area contributed by atoms with Gasteiger partial charge in [0, 0.05) is 59.1 Å². The molecule has 0 saturated carbocycles. The van der Waals surface area contributed by atoms with E-state index in [0.717, 1.165) is 52.5 Å². The minimum Gasteiger partial charge on any atom is -0.494 e. The number of benzene rings is 2. The number of ether oxygens (including phenoxy) is 1. The van der Waals surface area contributed by atoms with Crippen LogP contribution < -0.4 is 10.1 Å². The number of nitrogens with one attached hydrogen (secondary N) is 1.